The minimum Gasteiger partial charge on any atom is -0.465 e. The normalized spacial score (nSPS) is 18.6. The van der Waals surface area contributed by atoms with E-state index in [1.165, 1.54) is 0 Å². The summed E-state index contributed by atoms with van der Waals surface area (Å²) in [4.78, 5) is 33.1. The summed E-state index contributed by atoms with van der Waals surface area (Å²) in [5, 5.41) is 16.1. The van der Waals surface area contributed by atoms with Gasteiger partial charge >= 0.3 is 6.09 Å². The number of carbonyl (C=O) groups excluding carboxylic acids is 2. The Labute approximate surface area is 109 Å². The molecule has 3 amide bonds. The number of rotatable bonds is 3. The zero-order valence-corrected chi connectivity index (χ0v) is 9.97. The number of amides is 3. The van der Waals surface area contributed by atoms with Crippen LogP contribution in [-0.4, -0.2) is 29.1 Å². The second kappa shape index (κ2) is 5.38. The first-order chi connectivity index (χ1) is 9.04. The molecule has 1 atom stereocenters. The lowest BCUT2D eigenvalue weighted by Gasteiger charge is -2.22. The Bertz CT molecular complexity index is 529. The molecule has 1 aromatic rings. The van der Waals surface area contributed by atoms with Crippen LogP contribution in [0, 0.1) is 0 Å². The summed E-state index contributed by atoms with van der Waals surface area (Å²) in [7, 11) is 0. The smallest absolute Gasteiger partial charge is 0.409 e. The average molecular weight is 263 g/mol. The standard InChI is InChI=1S/C12H13N3O4/c16-10-5-4-9(11(17)15-10)13-7-2-1-3-8(6-7)14-12(18)19/h1-3,6,9,13-14H,4-5H2,(H,18,19)(H,15,16,17). The van der Waals surface area contributed by atoms with Crippen LogP contribution in [0.2, 0.25) is 0 Å². The fourth-order valence-electron chi connectivity index (χ4n) is 1.84. The maximum absolute atomic E-state index is 11.6. The number of anilines is 2. The largest absolute Gasteiger partial charge is 0.465 e. The molecule has 1 saturated heterocycles. The minimum absolute atomic E-state index is 0.274. The Hall–Kier alpha value is -2.57. The molecule has 1 fully saturated rings. The van der Waals surface area contributed by atoms with Crippen LogP contribution >= 0.6 is 0 Å². The quantitative estimate of drug-likeness (QED) is 0.608. The number of carboxylic acid groups (broad SMARTS) is 1. The molecule has 7 nitrogen and oxygen atoms in total. The third-order valence-corrected chi connectivity index (χ3v) is 2.69. The molecule has 0 saturated carbocycles. The van der Waals surface area contributed by atoms with E-state index >= 15 is 0 Å². The molecular formula is C12H13N3O4. The Morgan fingerprint density at radius 3 is 2.74 bits per heavy atom. The first kappa shape index (κ1) is 12.9. The summed E-state index contributed by atoms with van der Waals surface area (Å²) in [5.74, 6) is -0.641. The van der Waals surface area contributed by atoms with Crippen LogP contribution < -0.4 is 16.0 Å². The molecule has 7 heteroatoms. The van der Waals surface area contributed by atoms with E-state index in [-0.39, 0.29) is 18.2 Å². The van der Waals surface area contributed by atoms with E-state index in [4.69, 9.17) is 5.11 Å². The van der Waals surface area contributed by atoms with Gasteiger partial charge in [-0.2, -0.15) is 0 Å². The zero-order chi connectivity index (χ0) is 13.8. The molecule has 1 aromatic carbocycles. The van der Waals surface area contributed by atoms with Crippen LogP contribution in [0.4, 0.5) is 16.2 Å². The number of imide groups is 1. The molecule has 4 N–H and O–H groups in total. The monoisotopic (exact) mass is 263 g/mol. The van der Waals surface area contributed by atoms with Crippen LogP contribution in [0.25, 0.3) is 0 Å². The Kier molecular flexibility index (Phi) is 3.65. The second-order valence-electron chi connectivity index (χ2n) is 4.16. The summed E-state index contributed by atoms with van der Waals surface area (Å²) >= 11 is 0. The van der Waals surface area contributed by atoms with Crippen molar-refractivity contribution in [2.75, 3.05) is 10.6 Å². The van der Waals surface area contributed by atoms with Gasteiger partial charge in [-0.25, -0.2) is 4.79 Å². The van der Waals surface area contributed by atoms with Crippen molar-refractivity contribution in [3.8, 4) is 0 Å². The van der Waals surface area contributed by atoms with Crippen LogP contribution in [0.5, 0.6) is 0 Å². The van der Waals surface area contributed by atoms with Crippen molar-refractivity contribution in [3.05, 3.63) is 24.3 Å². The lowest BCUT2D eigenvalue weighted by atomic mass is 10.1. The van der Waals surface area contributed by atoms with Crippen molar-refractivity contribution in [2.24, 2.45) is 0 Å². The SMILES string of the molecule is O=C(O)Nc1cccc(NC2CCC(=O)NC2=O)c1. The van der Waals surface area contributed by atoms with E-state index in [0.29, 0.717) is 17.8 Å². The third kappa shape index (κ3) is 3.44. The first-order valence-corrected chi connectivity index (χ1v) is 5.75. The third-order valence-electron chi connectivity index (χ3n) is 2.69. The van der Waals surface area contributed by atoms with E-state index in [1.54, 1.807) is 24.3 Å². The van der Waals surface area contributed by atoms with Gasteiger partial charge in [-0.3, -0.25) is 20.2 Å². The van der Waals surface area contributed by atoms with Crippen molar-refractivity contribution in [2.45, 2.75) is 18.9 Å². The van der Waals surface area contributed by atoms with Crippen molar-refractivity contribution in [1.82, 2.24) is 5.32 Å². The number of hydrogen-bond donors (Lipinski definition) is 4. The summed E-state index contributed by atoms with van der Waals surface area (Å²) in [6, 6.07) is 6.08. The molecule has 0 aliphatic carbocycles. The highest BCUT2D eigenvalue weighted by atomic mass is 16.4. The minimum atomic E-state index is -1.15. The maximum Gasteiger partial charge on any atom is 0.409 e. The molecule has 0 spiro atoms. The number of carbonyl (C=O) groups is 3. The topological polar surface area (TPSA) is 108 Å². The molecule has 1 aliphatic heterocycles. The highest BCUT2D eigenvalue weighted by Crippen LogP contribution is 2.18. The van der Waals surface area contributed by atoms with Crippen LogP contribution in [0.15, 0.2) is 24.3 Å². The molecule has 1 heterocycles. The molecule has 0 aromatic heterocycles. The second-order valence-corrected chi connectivity index (χ2v) is 4.16. The van der Waals surface area contributed by atoms with Crippen LogP contribution in [-0.2, 0) is 9.59 Å². The number of benzene rings is 1. The number of piperidine rings is 1. The first-order valence-electron chi connectivity index (χ1n) is 5.75. The van der Waals surface area contributed by atoms with Gasteiger partial charge in [0.25, 0.3) is 0 Å². The summed E-state index contributed by atoms with van der Waals surface area (Å²) < 4.78 is 0. The molecule has 2 rings (SSSR count). The van der Waals surface area contributed by atoms with Crippen molar-refractivity contribution < 1.29 is 19.5 Å². The van der Waals surface area contributed by atoms with Gasteiger partial charge in [0, 0.05) is 17.8 Å². The number of nitrogens with one attached hydrogen (secondary N) is 3. The molecule has 1 aliphatic rings. The van der Waals surface area contributed by atoms with E-state index in [9.17, 15) is 14.4 Å². The van der Waals surface area contributed by atoms with Gasteiger partial charge in [-0.1, -0.05) is 6.07 Å². The fourth-order valence-corrected chi connectivity index (χ4v) is 1.84. The predicted molar refractivity (Wildman–Crippen MR) is 67.9 cm³/mol. The van der Waals surface area contributed by atoms with Gasteiger partial charge in [0.2, 0.25) is 11.8 Å². The van der Waals surface area contributed by atoms with Crippen LogP contribution in [0.1, 0.15) is 12.8 Å². The Morgan fingerprint density at radius 1 is 1.32 bits per heavy atom. The molecule has 19 heavy (non-hydrogen) atoms. The average Bonchev–Trinajstić information content (AvgIpc) is 2.32. The van der Waals surface area contributed by atoms with Crippen molar-refractivity contribution in [1.29, 1.82) is 0 Å². The highest BCUT2D eigenvalue weighted by Gasteiger charge is 2.26. The highest BCUT2D eigenvalue weighted by molar-refractivity contribution is 6.01. The van der Waals surface area contributed by atoms with Crippen LogP contribution in [0.3, 0.4) is 0 Å². The van der Waals surface area contributed by atoms with Crippen molar-refractivity contribution >= 4 is 29.3 Å². The lowest BCUT2D eigenvalue weighted by molar-refractivity contribution is -0.133. The maximum atomic E-state index is 11.6. The summed E-state index contributed by atoms with van der Waals surface area (Å²) in [6.07, 6.45) is -0.448. The molecule has 0 radical (unpaired) electrons. The summed E-state index contributed by atoms with van der Waals surface area (Å²) in [5.41, 5.74) is 1.02. The van der Waals surface area contributed by atoms with Gasteiger partial charge in [0.15, 0.2) is 0 Å². The number of hydrogen-bond acceptors (Lipinski definition) is 4. The molecular weight excluding hydrogens is 250 g/mol. The fraction of sp³-hybridized carbons (Fsp3) is 0.250. The Balaban J connectivity index is 2.04. The summed E-state index contributed by atoms with van der Waals surface area (Å²) in [6.45, 7) is 0. The molecule has 0 bridgehead atoms. The lowest BCUT2D eigenvalue weighted by Crippen LogP contribution is -2.47. The zero-order valence-electron chi connectivity index (χ0n) is 9.97. The van der Waals surface area contributed by atoms with Gasteiger partial charge in [0.1, 0.15) is 6.04 Å². The molecule has 100 valence electrons. The van der Waals surface area contributed by atoms with Gasteiger partial charge in [-0.05, 0) is 24.6 Å². The van der Waals surface area contributed by atoms with Gasteiger partial charge in [-0.15, -0.1) is 0 Å². The van der Waals surface area contributed by atoms with Gasteiger partial charge in [0.05, 0.1) is 0 Å². The Morgan fingerprint density at radius 2 is 2.05 bits per heavy atom. The molecule has 1 unspecified atom stereocenters. The van der Waals surface area contributed by atoms with E-state index in [1.807, 2.05) is 0 Å². The van der Waals surface area contributed by atoms with Crippen molar-refractivity contribution in [3.63, 3.8) is 0 Å². The predicted octanol–water partition coefficient (Wildman–Crippen LogP) is 0.994. The van der Waals surface area contributed by atoms with E-state index in [2.05, 4.69) is 16.0 Å². The van der Waals surface area contributed by atoms with E-state index < -0.39 is 12.1 Å². The van der Waals surface area contributed by atoms with E-state index in [0.717, 1.165) is 0 Å². The van der Waals surface area contributed by atoms with Gasteiger partial charge < -0.3 is 10.4 Å².